The van der Waals surface area contributed by atoms with Crippen molar-refractivity contribution in [3.05, 3.63) is 12.2 Å². The van der Waals surface area contributed by atoms with Gasteiger partial charge in [-0.3, -0.25) is 4.79 Å². The number of methoxy groups -OCH3 is 1. The summed E-state index contributed by atoms with van der Waals surface area (Å²) in [7, 11) is 1.47. The summed E-state index contributed by atoms with van der Waals surface area (Å²) in [5.74, 6) is 1.67. The quantitative estimate of drug-likeness (QED) is 0.325. The van der Waals surface area contributed by atoms with Crippen molar-refractivity contribution in [2.75, 3.05) is 13.7 Å². The molecule has 0 bridgehead atoms. The van der Waals surface area contributed by atoms with Gasteiger partial charge in [0.2, 0.25) is 0 Å². The average Bonchev–Trinajstić information content (AvgIpc) is 3.39. The zero-order valence-electron chi connectivity index (χ0n) is 24.0. The summed E-state index contributed by atoms with van der Waals surface area (Å²) >= 11 is 0. The summed E-state index contributed by atoms with van der Waals surface area (Å²) in [6.07, 6.45) is 9.93. The second kappa shape index (κ2) is 9.38. The van der Waals surface area contributed by atoms with Crippen LogP contribution in [0.2, 0.25) is 0 Å². The fourth-order valence-corrected chi connectivity index (χ4v) is 10.1. The summed E-state index contributed by atoms with van der Waals surface area (Å²) in [5.41, 5.74) is 0.216. The lowest BCUT2D eigenvalue weighted by atomic mass is 9.38. The Balaban J connectivity index is 1.64. The molecule has 3 aliphatic carbocycles. The van der Waals surface area contributed by atoms with Crippen LogP contribution in [0.5, 0.6) is 0 Å². The van der Waals surface area contributed by atoms with Gasteiger partial charge in [0, 0.05) is 6.42 Å². The van der Waals surface area contributed by atoms with Crippen LogP contribution < -0.4 is 0 Å². The topological polar surface area (TPSA) is 76.0 Å². The molecule has 0 radical (unpaired) electrons. The van der Waals surface area contributed by atoms with Gasteiger partial charge >= 0.3 is 5.97 Å². The third-order valence-electron chi connectivity index (χ3n) is 12.3. The number of carbonyl (C=O) groups excluding carboxylic acids is 1. The van der Waals surface area contributed by atoms with Gasteiger partial charge in [-0.05, 0) is 124 Å². The first-order valence-corrected chi connectivity index (χ1v) is 14.4. The van der Waals surface area contributed by atoms with E-state index >= 15 is 0 Å². The van der Waals surface area contributed by atoms with Crippen LogP contribution in [0.1, 0.15) is 106 Å². The molecular weight excluding hydrogens is 452 g/mol. The van der Waals surface area contributed by atoms with Crippen molar-refractivity contribution >= 4 is 5.97 Å². The average molecular weight is 505 g/mol. The molecule has 0 aromatic carbocycles. The Kier molecular flexibility index (Phi) is 7.32. The summed E-state index contributed by atoms with van der Waals surface area (Å²) in [6.45, 7) is 17.8. The van der Waals surface area contributed by atoms with Crippen molar-refractivity contribution in [2.24, 2.45) is 39.9 Å². The molecule has 0 unspecified atom stereocenters. The summed E-state index contributed by atoms with van der Waals surface area (Å²) in [5, 5.41) is 20.7. The molecule has 0 aromatic heterocycles. The normalized spacial score (nSPS) is 46.8. The highest BCUT2D eigenvalue weighted by Crippen LogP contribution is 2.74. The first-order valence-electron chi connectivity index (χ1n) is 14.4. The van der Waals surface area contributed by atoms with E-state index in [9.17, 15) is 15.0 Å². The number of hydrogen-bond acceptors (Lipinski definition) is 5. The second-order valence-electron chi connectivity index (χ2n) is 14.3. The van der Waals surface area contributed by atoms with Gasteiger partial charge in [0.25, 0.3) is 0 Å². The molecule has 4 aliphatic rings. The van der Waals surface area contributed by atoms with Crippen LogP contribution >= 0.6 is 0 Å². The van der Waals surface area contributed by atoms with Crippen molar-refractivity contribution in [2.45, 2.75) is 123 Å². The predicted octanol–water partition coefficient (Wildman–Crippen LogP) is 6.06. The number of ether oxygens (including phenoxy) is 2. The highest BCUT2D eigenvalue weighted by atomic mass is 16.5. The minimum Gasteiger partial charge on any atom is -0.469 e. The number of aliphatic hydroxyl groups excluding tert-OH is 1. The Morgan fingerprint density at radius 3 is 2.25 bits per heavy atom. The number of carbonyl (C=O) groups is 1. The largest absolute Gasteiger partial charge is 0.469 e. The lowest BCUT2D eigenvalue weighted by molar-refractivity contribution is -0.188. The maximum atomic E-state index is 12.2. The molecule has 5 nitrogen and oxygen atoms in total. The fourth-order valence-electron chi connectivity index (χ4n) is 10.1. The zero-order chi connectivity index (χ0) is 26.7. The van der Waals surface area contributed by atoms with Crippen LogP contribution in [0.15, 0.2) is 12.2 Å². The first kappa shape index (κ1) is 28.1. The van der Waals surface area contributed by atoms with Gasteiger partial charge in [-0.1, -0.05) is 27.4 Å². The summed E-state index contributed by atoms with van der Waals surface area (Å²) < 4.78 is 11.7. The second-order valence-corrected chi connectivity index (χ2v) is 14.3. The molecule has 4 rings (SSSR count). The highest BCUT2D eigenvalue weighted by molar-refractivity contribution is 5.69. The molecule has 5 heteroatoms. The Bertz CT molecular complexity index is 862. The molecule has 3 saturated carbocycles. The first-order chi connectivity index (χ1) is 16.7. The third-order valence-corrected chi connectivity index (χ3v) is 12.3. The van der Waals surface area contributed by atoms with E-state index in [2.05, 4.69) is 34.3 Å². The van der Waals surface area contributed by atoms with Crippen LogP contribution in [-0.4, -0.2) is 47.2 Å². The Hall–Kier alpha value is -0.910. The van der Waals surface area contributed by atoms with E-state index in [1.54, 1.807) is 0 Å². The van der Waals surface area contributed by atoms with Crippen molar-refractivity contribution in [3.63, 3.8) is 0 Å². The highest BCUT2D eigenvalue weighted by Gasteiger charge is 2.68. The lowest BCUT2D eigenvalue weighted by Gasteiger charge is -2.66. The summed E-state index contributed by atoms with van der Waals surface area (Å²) in [4.78, 5) is 12.2. The predicted molar refractivity (Wildman–Crippen MR) is 142 cm³/mol. The number of esters is 1. The molecule has 0 aromatic rings. The van der Waals surface area contributed by atoms with Crippen LogP contribution in [-0.2, 0) is 14.3 Å². The monoisotopic (exact) mass is 504 g/mol. The van der Waals surface area contributed by atoms with Gasteiger partial charge < -0.3 is 19.7 Å². The van der Waals surface area contributed by atoms with Crippen molar-refractivity contribution in [3.8, 4) is 0 Å². The Morgan fingerprint density at radius 1 is 1.00 bits per heavy atom. The van der Waals surface area contributed by atoms with Crippen LogP contribution in [0.4, 0.5) is 0 Å². The number of fused-ring (bicyclic) bond motifs is 3. The molecule has 206 valence electrons. The standard InChI is InChI=1S/C31H52O5/c1-20(19-32)21-11-17-30(6)24(28(21,4)15-14-26(33)35-8)10-9-22-23(12-16-29(22,30)5)31(7)18-13-25(36-31)27(2,3)34/h21-25,32,34H,1,9-19H2,2-8H3/t21-,22+,23-,24+,25-,28-,29+,30+,31-/m0/s1. The molecule has 4 fully saturated rings. The molecule has 2 N–H and O–H groups in total. The van der Waals surface area contributed by atoms with Gasteiger partial charge in [0.05, 0.1) is 31.0 Å². The smallest absolute Gasteiger partial charge is 0.305 e. The van der Waals surface area contributed by atoms with Gasteiger partial charge in [-0.2, -0.15) is 0 Å². The fraction of sp³-hybridized carbons (Fsp3) is 0.903. The molecular formula is C31H52O5. The molecule has 1 heterocycles. The Morgan fingerprint density at radius 2 is 1.67 bits per heavy atom. The van der Waals surface area contributed by atoms with Crippen molar-refractivity contribution in [1.82, 2.24) is 0 Å². The van der Waals surface area contributed by atoms with E-state index in [1.165, 1.54) is 26.4 Å². The van der Waals surface area contributed by atoms with E-state index in [0.29, 0.717) is 24.2 Å². The van der Waals surface area contributed by atoms with Gasteiger partial charge in [0.15, 0.2) is 0 Å². The molecule has 1 saturated heterocycles. The molecule has 0 amide bonds. The van der Waals surface area contributed by atoms with Gasteiger partial charge in [0.1, 0.15) is 0 Å². The number of hydrogen-bond donors (Lipinski definition) is 2. The molecule has 9 atom stereocenters. The van der Waals surface area contributed by atoms with E-state index < -0.39 is 5.60 Å². The maximum Gasteiger partial charge on any atom is 0.305 e. The van der Waals surface area contributed by atoms with E-state index in [-0.39, 0.29) is 46.4 Å². The maximum absolute atomic E-state index is 12.2. The summed E-state index contributed by atoms with van der Waals surface area (Å²) in [6, 6.07) is 0. The molecule has 36 heavy (non-hydrogen) atoms. The van der Waals surface area contributed by atoms with Crippen LogP contribution in [0.3, 0.4) is 0 Å². The zero-order valence-corrected chi connectivity index (χ0v) is 24.0. The van der Waals surface area contributed by atoms with Gasteiger partial charge in [-0.15, -0.1) is 0 Å². The Labute approximate surface area is 219 Å². The number of aliphatic hydroxyl groups is 2. The van der Waals surface area contributed by atoms with E-state index in [1.807, 2.05) is 13.8 Å². The SMILES string of the molecule is C=C(CO)[C@@H]1CC[C@]2(C)[C@H](CC[C@@H]3[C@@H]([C@]4(C)CC[C@@H](C(C)(C)O)O4)CC[C@]32C)[C@@]1(C)CCC(=O)OC. The third kappa shape index (κ3) is 4.20. The van der Waals surface area contributed by atoms with Gasteiger partial charge in [-0.25, -0.2) is 0 Å². The molecule has 1 aliphatic heterocycles. The van der Waals surface area contributed by atoms with Crippen LogP contribution in [0, 0.1) is 39.9 Å². The van der Waals surface area contributed by atoms with Crippen LogP contribution in [0.25, 0.3) is 0 Å². The number of rotatable bonds is 7. The van der Waals surface area contributed by atoms with Crippen molar-refractivity contribution in [1.29, 1.82) is 0 Å². The van der Waals surface area contributed by atoms with Crippen molar-refractivity contribution < 1.29 is 24.5 Å². The van der Waals surface area contributed by atoms with E-state index in [0.717, 1.165) is 44.1 Å². The lowest BCUT2D eigenvalue weighted by Crippen LogP contribution is -2.60. The minimum atomic E-state index is -0.807. The molecule has 0 spiro atoms. The van der Waals surface area contributed by atoms with E-state index in [4.69, 9.17) is 9.47 Å². The minimum absolute atomic E-state index is 0.0158.